The molecule has 0 saturated carbocycles. The predicted molar refractivity (Wildman–Crippen MR) is 52.4 cm³/mol. The lowest BCUT2D eigenvalue weighted by Crippen LogP contribution is -2.30. The summed E-state index contributed by atoms with van der Waals surface area (Å²) in [5, 5.41) is 6.50. The molecule has 1 aliphatic heterocycles. The van der Waals surface area contributed by atoms with Crippen LogP contribution in [0.15, 0.2) is 0 Å². The number of hydrogen-bond acceptors (Lipinski definition) is 4. The van der Waals surface area contributed by atoms with Gasteiger partial charge in [0.25, 0.3) is 5.91 Å². The molecule has 82 valence electrons. The van der Waals surface area contributed by atoms with Crippen LogP contribution in [0.2, 0.25) is 0 Å². The van der Waals surface area contributed by atoms with E-state index in [4.69, 9.17) is 4.74 Å². The van der Waals surface area contributed by atoms with E-state index < -0.39 is 0 Å². The van der Waals surface area contributed by atoms with Gasteiger partial charge in [0.2, 0.25) is 5.82 Å². The highest BCUT2D eigenvalue weighted by Gasteiger charge is 2.28. The Labute approximate surface area is 87.6 Å². The molecule has 0 bridgehead atoms. The Hall–Kier alpha value is -1.43. The van der Waals surface area contributed by atoms with Gasteiger partial charge in [-0.05, 0) is 13.3 Å². The molecular formula is C9H14N4O2. The maximum Gasteiger partial charge on any atom is 0.293 e. The highest BCUT2D eigenvalue weighted by molar-refractivity contribution is 5.90. The van der Waals surface area contributed by atoms with Crippen LogP contribution in [-0.2, 0) is 4.74 Å². The second-order valence-electron chi connectivity index (χ2n) is 3.64. The fourth-order valence-corrected chi connectivity index (χ4v) is 1.68. The number of likely N-dealkylation sites (tertiary alicyclic amines) is 1. The minimum Gasteiger partial charge on any atom is -0.380 e. The van der Waals surface area contributed by atoms with Gasteiger partial charge in [0.15, 0.2) is 0 Å². The summed E-state index contributed by atoms with van der Waals surface area (Å²) in [4.78, 5) is 17.6. The number of hydrogen-bond donors (Lipinski definition) is 1. The molecule has 15 heavy (non-hydrogen) atoms. The number of amides is 1. The third-order valence-corrected chi connectivity index (χ3v) is 2.55. The molecule has 1 aromatic heterocycles. The number of aryl methyl sites for hydroxylation is 1. The van der Waals surface area contributed by atoms with E-state index in [0.29, 0.717) is 18.9 Å². The summed E-state index contributed by atoms with van der Waals surface area (Å²) in [6, 6.07) is 0. The Morgan fingerprint density at radius 1 is 1.67 bits per heavy atom. The zero-order valence-electron chi connectivity index (χ0n) is 8.86. The molecule has 1 N–H and O–H groups in total. The van der Waals surface area contributed by atoms with Crippen molar-refractivity contribution in [1.82, 2.24) is 20.1 Å². The molecule has 1 fully saturated rings. The van der Waals surface area contributed by atoms with Gasteiger partial charge in [-0.25, -0.2) is 4.98 Å². The lowest BCUT2D eigenvalue weighted by Gasteiger charge is -2.13. The minimum absolute atomic E-state index is 0.126. The van der Waals surface area contributed by atoms with Crippen molar-refractivity contribution in [1.29, 1.82) is 0 Å². The van der Waals surface area contributed by atoms with Crippen LogP contribution in [-0.4, -0.2) is 52.3 Å². The van der Waals surface area contributed by atoms with E-state index in [1.807, 2.05) is 0 Å². The smallest absolute Gasteiger partial charge is 0.293 e. The standard InChI is InChI=1S/C9H14N4O2/c1-6-10-8(12-11-6)9(14)13-4-3-7(5-13)15-2/h7H,3-5H2,1-2H3,(H,10,11,12). The molecule has 2 heterocycles. The molecule has 1 unspecified atom stereocenters. The first-order chi connectivity index (χ1) is 7.20. The van der Waals surface area contributed by atoms with Crippen LogP contribution in [0.25, 0.3) is 0 Å². The van der Waals surface area contributed by atoms with Crippen molar-refractivity contribution in [3.05, 3.63) is 11.6 Å². The lowest BCUT2D eigenvalue weighted by molar-refractivity contribution is 0.0713. The lowest BCUT2D eigenvalue weighted by atomic mass is 10.3. The van der Waals surface area contributed by atoms with Gasteiger partial charge in [-0.1, -0.05) is 0 Å². The van der Waals surface area contributed by atoms with E-state index >= 15 is 0 Å². The van der Waals surface area contributed by atoms with Gasteiger partial charge < -0.3 is 9.64 Å². The topological polar surface area (TPSA) is 71.1 Å². The Bertz CT molecular complexity index is 363. The Morgan fingerprint density at radius 2 is 2.47 bits per heavy atom. The van der Waals surface area contributed by atoms with Gasteiger partial charge in [-0.2, -0.15) is 0 Å². The van der Waals surface area contributed by atoms with Crippen molar-refractivity contribution < 1.29 is 9.53 Å². The first-order valence-corrected chi connectivity index (χ1v) is 4.92. The van der Waals surface area contributed by atoms with Gasteiger partial charge in [-0.3, -0.25) is 9.89 Å². The van der Waals surface area contributed by atoms with E-state index in [9.17, 15) is 4.79 Å². The maximum absolute atomic E-state index is 11.8. The monoisotopic (exact) mass is 210 g/mol. The Balaban J connectivity index is 2.03. The molecule has 2 rings (SSSR count). The minimum atomic E-state index is -0.126. The molecule has 6 heteroatoms. The summed E-state index contributed by atoms with van der Waals surface area (Å²) in [5.74, 6) is 0.768. The summed E-state index contributed by atoms with van der Waals surface area (Å²) in [6.45, 7) is 3.11. The predicted octanol–water partition coefficient (Wildman–Crippen LogP) is -0.0260. The summed E-state index contributed by atoms with van der Waals surface area (Å²) in [5.41, 5.74) is 0. The largest absolute Gasteiger partial charge is 0.380 e. The molecular weight excluding hydrogens is 196 g/mol. The molecule has 1 amide bonds. The zero-order valence-corrected chi connectivity index (χ0v) is 8.86. The summed E-state index contributed by atoms with van der Waals surface area (Å²) >= 11 is 0. The quantitative estimate of drug-likeness (QED) is 0.744. The summed E-state index contributed by atoms with van der Waals surface area (Å²) in [7, 11) is 1.66. The molecule has 0 aliphatic carbocycles. The first-order valence-electron chi connectivity index (χ1n) is 4.92. The van der Waals surface area contributed by atoms with Crippen molar-refractivity contribution in [2.75, 3.05) is 20.2 Å². The number of H-pyrrole nitrogens is 1. The van der Waals surface area contributed by atoms with E-state index in [2.05, 4.69) is 15.2 Å². The summed E-state index contributed by atoms with van der Waals surface area (Å²) in [6.07, 6.45) is 1.03. The zero-order chi connectivity index (χ0) is 10.8. The van der Waals surface area contributed by atoms with Gasteiger partial charge >= 0.3 is 0 Å². The fraction of sp³-hybridized carbons (Fsp3) is 0.667. The molecule has 6 nitrogen and oxygen atoms in total. The van der Waals surface area contributed by atoms with Gasteiger partial charge in [0, 0.05) is 20.2 Å². The number of rotatable bonds is 2. The van der Waals surface area contributed by atoms with E-state index in [1.165, 1.54) is 0 Å². The third kappa shape index (κ3) is 1.99. The van der Waals surface area contributed by atoms with Crippen molar-refractivity contribution >= 4 is 5.91 Å². The molecule has 0 aromatic carbocycles. The second-order valence-corrected chi connectivity index (χ2v) is 3.64. The number of carbonyl (C=O) groups is 1. The summed E-state index contributed by atoms with van der Waals surface area (Å²) < 4.78 is 5.19. The molecule has 1 aromatic rings. The molecule has 1 aliphatic rings. The van der Waals surface area contributed by atoms with Gasteiger partial charge in [0.1, 0.15) is 5.82 Å². The Kier molecular flexibility index (Phi) is 2.68. The van der Waals surface area contributed by atoms with Crippen molar-refractivity contribution in [2.45, 2.75) is 19.4 Å². The number of ether oxygens (including phenoxy) is 1. The average Bonchev–Trinajstić information content (AvgIpc) is 2.84. The number of nitrogens with one attached hydrogen (secondary N) is 1. The second kappa shape index (κ2) is 3.98. The average molecular weight is 210 g/mol. The van der Waals surface area contributed by atoms with Crippen LogP contribution in [0.4, 0.5) is 0 Å². The first kappa shape index (κ1) is 10.1. The van der Waals surface area contributed by atoms with E-state index in [1.54, 1.807) is 18.9 Å². The molecule has 1 saturated heterocycles. The van der Waals surface area contributed by atoms with Crippen LogP contribution in [0, 0.1) is 6.92 Å². The van der Waals surface area contributed by atoms with Crippen LogP contribution >= 0.6 is 0 Å². The molecule has 0 spiro atoms. The maximum atomic E-state index is 11.8. The normalized spacial score (nSPS) is 20.9. The van der Waals surface area contributed by atoms with Crippen LogP contribution in [0.1, 0.15) is 22.9 Å². The highest BCUT2D eigenvalue weighted by Crippen LogP contribution is 2.13. The van der Waals surface area contributed by atoms with E-state index in [0.717, 1.165) is 6.42 Å². The number of aromatic nitrogens is 3. The van der Waals surface area contributed by atoms with Crippen LogP contribution < -0.4 is 0 Å². The number of methoxy groups -OCH3 is 1. The van der Waals surface area contributed by atoms with Crippen molar-refractivity contribution in [3.63, 3.8) is 0 Å². The van der Waals surface area contributed by atoms with Crippen LogP contribution in [0.5, 0.6) is 0 Å². The highest BCUT2D eigenvalue weighted by atomic mass is 16.5. The van der Waals surface area contributed by atoms with Gasteiger partial charge in [-0.15, -0.1) is 5.10 Å². The molecule has 0 radical (unpaired) electrons. The van der Waals surface area contributed by atoms with Gasteiger partial charge in [0.05, 0.1) is 6.10 Å². The molecule has 1 atom stereocenters. The number of carbonyl (C=O) groups excluding carboxylic acids is 1. The number of nitrogens with zero attached hydrogens (tertiary/aromatic N) is 3. The van der Waals surface area contributed by atoms with Crippen molar-refractivity contribution in [3.8, 4) is 0 Å². The number of aromatic amines is 1. The van der Waals surface area contributed by atoms with Crippen LogP contribution in [0.3, 0.4) is 0 Å². The third-order valence-electron chi connectivity index (χ3n) is 2.55. The van der Waals surface area contributed by atoms with E-state index in [-0.39, 0.29) is 17.8 Å². The SMILES string of the molecule is COC1CCN(C(=O)c2n[nH]c(C)n2)C1. The fourth-order valence-electron chi connectivity index (χ4n) is 1.68. The van der Waals surface area contributed by atoms with Crippen molar-refractivity contribution in [2.24, 2.45) is 0 Å². The Morgan fingerprint density at radius 3 is 3.00 bits per heavy atom.